The molecule has 6 nitrogen and oxygen atoms in total. The first-order chi connectivity index (χ1) is 14.4. The molecule has 1 fully saturated rings. The zero-order valence-electron chi connectivity index (χ0n) is 16.6. The van der Waals surface area contributed by atoms with Crippen LogP contribution in [0.25, 0.3) is 0 Å². The van der Waals surface area contributed by atoms with Crippen molar-refractivity contribution >= 4 is 29.3 Å². The van der Waals surface area contributed by atoms with Crippen LogP contribution in [0.15, 0.2) is 48.5 Å². The summed E-state index contributed by atoms with van der Waals surface area (Å²) >= 11 is 5.92. The van der Waals surface area contributed by atoms with Gasteiger partial charge in [-0.2, -0.15) is 0 Å². The van der Waals surface area contributed by atoms with E-state index in [1.54, 1.807) is 34.1 Å². The highest BCUT2D eigenvalue weighted by molar-refractivity contribution is 6.30. The molecule has 3 amide bonds. The van der Waals surface area contributed by atoms with Crippen molar-refractivity contribution in [1.29, 1.82) is 0 Å². The number of primary amides is 1. The number of fused-ring (bicyclic) bond motifs is 1. The quantitative estimate of drug-likeness (QED) is 0.820. The van der Waals surface area contributed by atoms with Gasteiger partial charge in [0.15, 0.2) is 0 Å². The van der Waals surface area contributed by atoms with Crippen LogP contribution in [0.1, 0.15) is 34.3 Å². The molecule has 2 atom stereocenters. The fraction of sp³-hybridized carbons (Fsp3) is 0.348. The molecule has 0 spiro atoms. The summed E-state index contributed by atoms with van der Waals surface area (Å²) in [5, 5.41) is 0.570. The van der Waals surface area contributed by atoms with Crippen LogP contribution in [0.3, 0.4) is 0 Å². The minimum Gasteiger partial charge on any atom is -0.368 e. The fourth-order valence-corrected chi connectivity index (χ4v) is 4.51. The number of rotatable bonds is 3. The lowest BCUT2D eigenvalue weighted by molar-refractivity contribution is -0.145. The molecule has 4 rings (SSSR count). The number of hydrogen-bond donors (Lipinski definition) is 1. The number of hydrogen-bond acceptors (Lipinski definition) is 3. The fourth-order valence-electron chi connectivity index (χ4n) is 4.38. The molecule has 2 aliphatic heterocycles. The molecule has 156 valence electrons. The average Bonchev–Trinajstić information content (AvgIpc) is 2.77. The van der Waals surface area contributed by atoms with E-state index in [0.717, 1.165) is 17.5 Å². The van der Waals surface area contributed by atoms with E-state index in [9.17, 15) is 14.4 Å². The van der Waals surface area contributed by atoms with Crippen LogP contribution in [0.5, 0.6) is 0 Å². The second-order valence-corrected chi connectivity index (χ2v) is 8.39. The van der Waals surface area contributed by atoms with Crippen molar-refractivity contribution < 1.29 is 14.4 Å². The SMILES string of the molecule is NC(=O)[C@@H]1Cc2ccccc2CN1C(=O)[C@H]1CCCN(C(=O)c2ccc(Cl)cc2)C1. The Bertz CT molecular complexity index is 976. The number of likely N-dealkylation sites (tertiary alicyclic amines) is 1. The number of piperidine rings is 1. The summed E-state index contributed by atoms with van der Waals surface area (Å²) in [5.41, 5.74) is 8.27. The van der Waals surface area contributed by atoms with Crippen LogP contribution >= 0.6 is 11.6 Å². The van der Waals surface area contributed by atoms with Gasteiger partial charge in [0.25, 0.3) is 5.91 Å². The van der Waals surface area contributed by atoms with Gasteiger partial charge >= 0.3 is 0 Å². The molecule has 2 aliphatic rings. The van der Waals surface area contributed by atoms with Gasteiger partial charge in [-0.05, 0) is 48.2 Å². The van der Waals surface area contributed by atoms with Gasteiger partial charge in [-0.15, -0.1) is 0 Å². The number of carbonyl (C=O) groups is 3. The van der Waals surface area contributed by atoms with Gasteiger partial charge in [0.1, 0.15) is 6.04 Å². The maximum absolute atomic E-state index is 13.4. The zero-order valence-corrected chi connectivity index (χ0v) is 17.3. The molecule has 0 unspecified atom stereocenters. The Kier molecular flexibility index (Phi) is 5.77. The minimum atomic E-state index is -0.658. The maximum atomic E-state index is 13.4. The summed E-state index contributed by atoms with van der Waals surface area (Å²) < 4.78 is 0. The number of nitrogens with zero attached hydrogens (tertiary/aromatic N) is 2. The Balaban J connectivity index is 1.51. The third kappa shape index (κ3) is 4.05. The molecule has 0 aliphatic carbocycles. The van der Waals surface area contributed by atoms with Crippen LogP contribution in [0.2, 0.25) is 5.02 Å². The molecular formula is C23H24ClN3O3. The molecule has 1 saturated heterocycles. The number of benzene rings is 2. The first-order valence-corrected chi connectivity index (χ1v) is 10.5. The Morgan fingerprint density at radius 2 is 1.70 bits per heavy atom. The number of amides is 3. The first kappa shape index (κ1) is 20.4. The third-order valence-electron chi connectivity index (χ3n) is 6.01. The Morgan fingerprint density at radius 3 is 2.40 bits per heavy atom. The van der Waals surface area contributed by atoms with Gasteiger partial charge in [-0.25, -0.2) is 0 Å². The number of nitrogens with two attached hydrogens (primary N) is 1. The van der Waals surface area contributed by atoms with Crippen LogP contribution in [0.4, 0.5) is 0 Å². The van der Waals surface area contributed by atoms with Gasteiger partial charge in [-0.3, -0.25) is 14.4 Å². The van der Waals surface area contributed by atoms with E-state index in [1.165, 1.54) is 0 Å². The van der Waals surface area contributed by atoms with E-state index in [1.807, 2.05) is 24.3 Å². The molecule has 2 aromatic rings. The summed E-state index contributed by atoms with van der Waals surface area (Å²) in [6.45, 7) is 1.31. The van der Waals surface area contributed by atoms with Crippen molar-refractivity contribution in [3.05, 3.63) is 70.2 Å². The van der Waals surface area contributed by atoms with Crippen molar-refractivity contribution in [1.82, 2.24) is 9.80 Å². The Hall–Kier alpha value is -2.86. The van der Waals surface area contributed by atoms with Gasteiger partial charge in [0.2, 0.25) is 11.8 Å². The average molecular weight is 426 g/mol. The monoisotopic (exact) mass is 425 g/mol. The van der Waals surface area contributed by atoms with Crippen molar-refractivity contribution in [2.45, 2.75) is 31.8 Å². The summed E-state index contributed by atoms with van der Waals surface area (Å²) in [6.07, 6.45) is 1.85. The van der Waals surface area contributed by atoms with Crippen LogP contribution in [-0.2, 0) is 22.6 Å². The first-order valence-electron chi connectivity index (χ1n) is 10.2. The van der Waals surface area contributed by atoms with Crippen LogP contribution in [-0.4, -0.2) is 46.7 Å². The topological polar surface area (TPSA) is 83.7 Å². The Labute approximate surface area is 180 Å². The van der Waals surface area contributed by atoms with E-state index in [4.69, 9.17) is 17.3 Å². The highest BCUT2D eigenvalue weighted by Gasteiger charge is 2.38. The molecule has 0 radical (unpaired) electrons. The molecule has 30 heavy (non-hydrogen) atoms. The second-order valence-electron chi connectivity index (χ2n) is 7.95. The van der Waals surface area contributed by atoms with Gasteiger partial charge in [0, 0.05) is 36.6 Å². The predicted molar refractivity (Wildman–Crippen MR) is 114 cm³/mol. The largest absolute Gasteiger partial charge is 0.368 e. The van der Waals surface area contributed by atoms with Crippen LogP contribution in [0, 0.1) is 5.92 Å². The van der Waals surface area contributed by atoms with E-state index in [0.29, 0.717) is 43.1 Å². The Morgan fingerprint density at radius 1 is 1.00 bits per heavy atom. The molecule has 0 bridgehead atoms. The second kappa shape index (κ2) is 8.48. The van der Waals surface area contributed by atoms with E-state index < -0.39 is 11.9 Å². The highest BCUT2D eigenvalue weighted by atomic mass is 35.5. The van der Waals surface area contributed by atoms with E-state index in [-0.39, 0.29) is 17.7 Å². The molecular weight excluding hydrogens is 402 g/mol. The van der Waals surface area contributed by atoms with Crippen molar-refractivity contribution in [3.8, 4) is 0 Å². The smallest absolute Gasteiger partial charge is 0.253 e. The summed E-state index contributed by atoms with van der Waals surface area (Å²) in [4.78, 5) is 41.7. The van der Waals surface area contributed by atoms with Gasteiger partial charge in [0.05, 0.1) is 5.92 Å². The van der Waals surface area contributed by atoms with Gasteiger partial charge < -0.3 is 15.5 Å². The van der Waals surface area contributed by atoms with Gasteiger partial charge in [-0.1, -0.05) is 35.9 Å². The lowest BCUT2D eigenvalue weighted by Gasteiger charge is -2.40. The van der Waals surface area contributed by atoms with Crippen molar-refractivity contribution in [3.63, 3.8) is 0 Å². The summed E-state index contributed by atoms with van der Waals surface area (Å²) in [6, 6.07) is 13.9. The maximum Gasteiger partial charge on any atom is 0.253 e. The molecule has 2 heterocycles. The zero-order chi connectivity index (χ0) is 21.3. The summed E-state index contributed by atoms with van der Waals surface area (Å²) in [5.74, 6) is -1.06. The predicted octanol–water partition coefficient (Wildman–Crippen LogP) is 2.63. The van der Waals surface area contributed by atoms with Crippen molar-refractivity contribution in [2.75, 3.05) is 13.1 Å². The lowest BCUT2D eigenvalue weighted by atomic mass is 9.90. The third-order valence-corrected chi connectivity index (χ3v) is 6.26. The molecule has 0 saturated carbocycles. The standard InChI is InChI=1S/C23H24ClN3O3/c24-19-9-7-15(8-10-19)22(29)26-11-3-6-18(13-26)23(30)27-14-17-5-2-1-4-16(17)12-20(27)21(25)28/h1-2,4-5,7-10,18,20H,3,6,11-14H2,(H2,25,28)/t18-,20-/m0/s1. The molecule has 7 heteroatoms. The highest BCUT2D eigenvalue weighted by Crippen LogP contribution is 2.28. The summed E-state index contributed by atoms with van der Waals surface area (Å²) in [7, 11) is 0. The molecule has 2 aromatic carbocycles. The normalized spacial score (nSPS) is 21.1. The van der Waals surface area contributed by atoms with E-state index >= 15 is 0 Å². The minimum absolute atomic E-state index is 0.109. The van der Waals surface area contributed by atoms with Crippen LogP contribution < -0.4 is 5.73 Å². The molecule has 0 aromatic heterocycles. The number of carbonyl (C=O) groups excluding carboxylic acids is 3. The van der Waals surface area contributed by atoms with E-state index in [2.05, 4.69) is 0 Å². The van der Waals surface area contributed by atoms with Crippen molar-refractivity contribution in [2.24, 2.45) is 11.7 Å². The number of halogens is 1. The lowest BCUT2D eigenvalue weighted by Crippen LogP contribution is -2.55. The molecule has 2 N–H and O–H groups in total.